The summed E-state index contributed by atoms with van der Waals surface area (Å²) in [6.45, 7) is 0.516. The lowest BCUT2D eigenvalue weighted by atomic mass is 9.95. The van der Waals surface area contributed by atoms with Crippen LogP contribution in [0.3, 0.4) is 0 Å². The SMILES string of the molecule is NCC1(c2ccc(Br)c(O)c2O)CC1. The zero-order chi connectivity index (χ0) is 10.3. The summed E-state index contributed by atoms with van der Waals surface area (Å²) in [5.74, 6) is -0.135. The fraction of sp³-hybridized carbons (Fsp3) is 0.400. The Morgan fingerprint density at radius 3 is 2.43 bits per heavy atom. The average molecular weight is 258 g/mol. The van der Waals surface area contributed by atoms with Crippen LogP contribution in [-0.4, -0.2) is 16.8 Å². The molecule has 0 aliphatic heterocycles. The van der Waals surface area contributed by atoms with Gasteiger partial charge in [-0.05, 0) is 34.8 Å². The maximum atomic E-state index is 9.75. The highest BCUT2D eigenvalue weighted by molar-refractivity contribution is 9.10. The van der Waals surface area contributed by atoms with Crippen LogP contribution in [0.2, 0.25) is 0 Å². The summed E-state index contributed by atoms with van der Waals surface area (Å²) in [6.07, 6.45) is 1.97. The lowest BCUT2D eigenvalue weighted by molar-refractivity contribution is 0.392. The van der Waals surface area contributed by atoms with Gasteiger partial charge in [0.2, 0.25) is 0 Å². The Hall–Kier alpha value is -0.740. The molecule has 2 rings (SSSR count). The van der Waals surface area contributed by atoms with Gasteiger partial charge in [0, 0.05) is 17.5 Å². The van der Waals surface area contributed by atoms with Crippen LogP contribution >= 0.6 is 15.9 Å². The van der Waals surface area contributed by atoms with E-state index in [2.05, 4.69) is 15.9 Å². The van der Waals surface area contributed by atoms with Crippen LogP contribution in [-0.2, 0) is 5.41 Å². The van der Waals surface area contributed by atoms with E-state index in [9.17, 15) is 10.2 Å². The number of phenols is 2. The third-order valence-electron chi connectivity index (χ3n) is 2.92. The third kappa shape index (κ3) is 1.29. The van der Waals surface area contributed by atoms with Gasteiger partial charge in [0.1, 0.15) is 0 Å². The first kappa shape index (κ1) is 9.80. The van der Waals surface area contributed by atoms with Crippen LogP contribution in [0.4, 0.5) is 0 Å². The largest absolute Gasteiger partial charge is 0.504 e. The lowest BCUT2D eigenvalue weighted by Crippen LogP contribution is -2.19. The van der Waals surface area contributed by atoms with Gasteiger partial charge in [-0.1, -0.05) is 6.07 Å². The highest BCUT2D eigenvalue weighted by atomic mass is 79.9. The van der Waals surface area contributed by atoms with Gasteiger partial charge < -0.3 is 15.9 Å². The van der Waals surface area contributed by atoms with Crippen molar-refractivity contribution in [3.05, 3.63) is 22.2 Å². The van der Waals surface area contributed by atoms with E-state index in [4.69, 9.17) is 5.73 Å². The first-order valence-corrected chi connectivity index (χ1v) is 5.31. The van der Waals surface area contributed by atoms with Crippen molar-refractivity contribution in [2.24, 2.45) is 5.73 Å². The molecule has 4 N–H and O–H groups in total. The highest BCUT2D eigenvalue weighted by Crippen LogP contribution is 2.53. The second kappa shape index (κ2) is 3.14. The molecule has 0 saturated heterocycles. The Bertz CT molecular complexity index is 375. The Morgan fingerprint density at radius 2 is 1.93 bits per heavy atom. The van der Waals surface area contributed by atoms with Gasteiger partial charge in [-0.2, -0.15) is 0 Å². The van der Waals surface area contributed by atoms with E-state index in [0.29, 0.717) is 11.0 Å². The number of nitrogens with two attached hydrogens (primary N) is 1. The minimum absolute atomic E-state index is 0.0395. The molecule has 3 nitrogen and oxygen atoms in total. The molecule has 0 bridgehead atoms. The Morgan fingerprint density at radius 1 is 1.29 bits per heavy atom. The smallest absolute Gasteiger partial charge is 0.172 e. The van der Waals surface area contributed by atoms with E-state index in [1.807, 2.05) is 6.07 Å². The molecule has 4 heteroatoms. The Balaban J connectivity index is 2.50. The van der Waals surface area contributed by atoms with Crippen LogP contribution in [0.5, 0.6) is 11.5 Å². The van der Waals surface area contributed by atoms with Gasteiger partial charge >= 0.3 is 0 Å². The highest BCUT2D eigenvalue weighted by Gasteiger charge is 2.45. The molecule has 1 saturated carbocycles. The number of phenolic OH excluding ortho intramolecular Hbond substituents is 2. The zero-order valence-corrected chi connectivity index (χ0v) is 9.21. The summed E-state index contributed by atoms with van der Waals surface area (Å²) >= 11 is 3.15. The molecular formula is C10H12BrNO2. The average Bonchev–Trinajstić information content (AvgIpc) is 2.95. The lowest BCUT2D eigenvalue weighted by Gasteiger charge is -2.15. The maximum absolute atomic E-state index is 9.75. The van der Waals surface area contributed by atoms with Crippen LogP contribution < -0.4 is 5.73 Å². The minimum Gasteiger partial charge on any atom is -0.504 e. The zero-order valence-electron chi connectivity index (χ0n) is 7.63. The molecule has 0 amide bonds. The van der Waals surface area contributed by atoms with E-state index in [1.165, 1.54) is 0 Å². The molecule has 1 aliphatic rings. The first-order chi connectivity index (χ1) is 6.60. The quantitative estimate of drug-likeness (QED) is 0.709. The fourth-order valence-electron chi connectivity index (χ4n) is 1.72. The number of benzene rings is 1. The van der Waals surface area contributed by atoms with Crippen LogP contribution in [0.1, 0.15) is 18.4 Å². The number of hydrogen-bond acceptors (Lipinski definition) is 3. The molecule has 14 heavy (non-hydrogen) atoms. The van der Waals surface area contributed by atoms with Crippen LogP contribution in [0.25, 0.3) is 0 Å². The van der Waals surface area contributed by atoms with Crippen molar-refractivity contribution in [1.82, 2.24) is 0 Å². The number of rotatable bonds is 2. The summed E-state index contributed by atoms with van der Waals surface area (Å²) < 4.78 is 0.506. The molecule has 1 aliphatic carbocycles. The molecular weight excluding hydrogens is 246 g/mol. The van der Waals surface area contributed by atoms with E-state index in [0.717, 1.165) is 18.4 Å². The fourth-order valence-corrected chi connectivity index (χ4v) is 2.04. The summed E-state index contributed by atoms with van der Waals surface area (Å²) in [5.41, 5.74) is 6.32. The van der Waals surface area contributed by atoms with E-state index < -0.39 is 0 Å². The summed E-state index contributed by atoms with van der Waals surface area (Å²) in [6, 6.07) is 3.55. The number of hydrogen-bond donors (Lipinski definition) is 3. The predicted molar refractivity (Wildman–Crippen MR) is 57.4 cm³/mol. The van der Waals surface area contributed by atoms with Crippen molar-refractivity contribution in [2.75, 3.05) is 6.54 Å². The van der Waals surface area contributed by atoms with Crippen molar-refractivity contribution in [1.29, 1.82) is 0 Å². The second-order valence-corrected chi connectivity index (χ2v) is 4.63. The van der Waals surface area contributed by atoms with Crippen molar-refractivity contribution in [2.45, 2.75) is 18.3 Å². The molecule has 76 valence electrons. The summed E-state index contributed by atoms with van der Waals surface area (Å²) in [7, 11) is 0. The predicted octanol–water partition coefficient (Wildman–Crippen LogP) is 1.85. The van der Waals surface area contributed by atoms with Gasteiger partial charge in [0.05, 0.1) is 4.47 Å². The van der Waals surface area contributed by atoms with Gasteiger partial charge in [0.15, 0.2) is 11.5 Å². The summed E-state index contributed by atoms with van der Waals surface area (Å²) in [5, 5.41) is 19.3. The Labute approximate surface area is 90.7 Å². The Kier molecular flexibility index (Phi) is 2.20. The molecule has 1 aromatic carbocycles. The normalized spacial score (nSPS) is 18.1. The van der Waals surface area contributed by atoms with Crippen LogP contribution in [0, 0.1) is 0 Å². The van der Waals surface area contributed by atoms with Gasteiger partial charge in [0.25, 0.3) is 0 Å². The number of aromatic hydroxyl groups is 2. The molecule has 1 aromatic rings. The standard InChI is InChI=1S/C10H12BrNO2/c11-7-2-1-6(8(13)9(7)14)10(5-12)3-4-10/h1-2,13-14H,3-5,12H2. The van der Waals surface area contributed by atoms with Crippen molar-refractivity contribution in [3.8, 4) is 11.5 Å². The molecule has 0 heterocycles. The monoisotopic (exact) mass is 257 g/mol. The maximum Gasteiger partial charge on any atom is 0.172 e. The molecule has 0 spiro atoms. The van der Waals surface area contributed by atoms with Gasteiger partial charge in [-0.25, -0.2) is 0 Å². The minimum atomic E-state index is -0.0952. The van der Waals surface area contributed by atoms with E-state index in [1.54, 1.807) is 6.07 Å². The second-order valence-electron chi connectivity index (χ2n) is 3.78. The molecule has 0 radical (unpaired) electrons. The van der Waals surface area contributed by atoms with E-state index in [-0.39, 0.29) is 16.9 Å². The van der Waals surface area contributed by atoms with Crippen LogP contribution in [0.15, 0.2) is 16.6 Å². The van der Waals surface area contributed by atoms with Crippen molar-refractivity contribution in [3.63, 3.8) is 0 Å². The topological polar surface area (TPSA) is 66.5 Å². The third-order valence-corrected chi connectivity index (χ3v) is 3.56. The molecule has 0 atom stereocenters. The molecule has 1 fully saturated rings. The number of halogens is 1. The summed E-state index contributed by atoms with van der Waals surface area (Å²) in [4.78, 5) is 0. The van der Waals surface area contributed by atoms with Crippen molar-refractivity contribution >= 4 is 15.9 Å². The molecule has 0 unspecified atom stereocenters. The molecule has 0 aromatic heterocycles. The van der Waals surface area contributed by atoms with Gasteiger partial charge in [-0.3, -0.25) is 0 Å². The van der Waals surface area contributed by atoms with E-state index >= 15 is 0 Å². The van der Waals surface area contributed by atoms with Crippen molar-refractivity contribution < 1.29 is 10.2 Å². The first-order valence-electron chi connectivity index (χ1n) is 4.52. The van der Waals surface area contributed by atoms with Gasteiger partial charge in [-0.15, -0.1) is 0 Å².